The van der Waals surface area contributed by atoms with Crippen LogP contribution in [0.4, 0.5) is 11.4 Å². The van der Waals surface area contributed by atoms with E-state index in [2.05, 4.69) is 234 Å². The Hall–Kier alpha value is -8.45. The number of anilines is 2. The molecule has 0 amide bonds. The average molecular weight is 876 g/mol. The zero-order chi connectivity index (χ0) is 44.3. The van der Waals surface area contributed by atoms with Crippen LogP contribution in [0.15, 0.2) is 230 Å². The molecule has 1 aliphatic carbocycles. The van der Waals surface area contributed by atoms with Crippen molar-refractivity contribution in [2.75, 3.05) is 4.90 Å². The summed E-state index contributed by atoms with van der Waals surface area (Å²) in [7, 11) is 0. The van der Waals surface area contributed by atoms with Gasteiger partial charge in [0.1, 0.15) is 5.01 Å². The topological polar surface area (TPSA) is 46.8 Å². The van der Waals surface area contributed by atoms with Gasteiger partial charge in [-0.3, -0.25) is 4.57 Å². The third-order valence-electron chi connectivity index (χ3n) is 13.1. The average Bonchev–Trinajstić information content (AvgIpc) is 3.99. The molecule has 9 aromatic carbocycles. The molecule has 0 fully saturated rings. The molecule has 0 unspecified atom stereocenters. The normalized spacial score (nSPS) is 12.7. The molecule has 0 atom stereocenters. The van der Waals surface area contributed by atoms with Crippen molar-refractivity contribution >= 4 is 76.4 Å². The fourth-order valence-corrected chi connectivity index (χ4v) is 11.0. The second kappa shape index (κ2) is 16.2. The molecule has 5 nitrogen and oxygen atoms in total. The van der Waals surface area contributed by atoms with Crippen LogP contribution < -0.4 is 4.90 Å². The molecule has 13 rings (SSSR count). The summed E-state index contributed by atoms with van der Waals surface area (Å²) in [5.41, 5.74) is 15.2. The molecule has 3 heterocycles. The number of nitrogens with zero attached hydrogens (tertiary/aromatic N) is 5. The van der Waals surface area contributed by atoms with Crippen molar-refractivity contribution in [2.24, 2.45) is 0 Å². The Kier molecular flexibility index (Phi) is 9.43. The minimum absolute atomic E-state index is 0.624. The van der Waals surface area contributed by atoms with Crippen molar-refractivity contribution in [1.29, 1.82) is 0 Å². The first kappa shape index (κ1) is 39.0. The maximum atomic E-state index is 5.53. The highest BCUT2D eigenvalue weighted by atomic mass is 32.1. The molecule has 12 aromatic rings. The second-order valence-corrected chi connectivity index (χ2v) is 18.1. The quantitative estimate of drug-likeness (QED) is 0.153. The molecule has 3 aromatic heterocycles. The van der Waals surface area contributed by atoms with Crippen LogP contribution in [-0.4, -0.2) is 19.5 Å². The fourth-order valence-electron chi connectivity index (χ4n) is 9.88. The van der Waals surface area contributed by atoms with E-state index in [1.54, 1.807) is 11.3 Å². The number of allylic oxidation sites excluding steroid dienone is 4. The highest BCUT2D eigenvalue weighted by molar-refractivity contribution is 7.22. The van der Waals surface area contributed by atoms with E-state index in [0.717, 1.165) is 100 Å². The summed E-state index contributed by atoms with van der Waals surface area (Å²) in [5, 5.41) is 6.73. The highest BCUT2D eigenvalue weighted by Gasteiger charge is 2.22. The molecule has 0 aliphatic heterocycles. The van der Waals surface area contributed by atoms with E-state index in [-0.39, 0.29) is 0 Å². The molecule has 0 spiro atoms. The van der Waals surface area contributed by atoms with Gasteiger partial charge in [-0.2, -0.15) is 0 Å². The standard InChI is InChI=1S/C61H41N5S/c1-4-16-44(17-5-1)60-62-55-37-36-51-53-39-45(40-31-34-48(35-32-40)65(46-19-6-2-7-20-46)47-21-8-3-9-22-47)33-38-56(53)66(58(51)59(55)67-60)61-63-54-26-13-12-24-52(54)57(64-61)43-29-27-42(28-30-43)50-25-14-18-41-15-10-11-23-49(41)50/h1-8,10-21,23-39H,9,22H2. The van der Waals surface area contributed by atoms with Crippen molar-refractivity contribution in [1.82, 2.24) is 19.5 Å². The van der Waals surface area contributed by atoms with Crippen molar-refractivity contribution in [3.05, 3.63) is 230 Å². The Balaban J connectivity index is 0.978. The largest absolute Gasteiger partial charge is 0.314 e. The van der Waals surface area contributed by atoms with Gasteiger partial charge in [0, 0.05) is 44.4 Å². The zero-order valence-electron chi connectivity index (χ0n) is 36.4. The Bertz CT molecular complexity index is 3900. The number of para-hydroxylation sites is 2. The summed E-state index contributed by atoms with van der Waals surface area (Å²) in [5.74, 6) is 0.624. The third-order valence-corrected chi connectivity index (χ3v) is 14.2. The number of thiazole rings is 1. The third kappa shape index (κ3) is 6.80. The number of benzene rings is 9. The Morgan fingerprint density at radius 3 is 2.00 bits per heavy atom. The Morgan fingerprint density at radius 2 is 1.18 bits per heavy atom. The van der Waals surface area contributed by atoms with E-state index in [1.807, 2.05) is 0 Å². The Labute approximate surface area is 391 Å². The lowest BCUT2D eigenvalue weighted by molar-refractivity contribution is 0.918. The first-order valence-corrected chi connectivity index (χ1v) is 23.6. The molecule has 316 valence electrons. The summed E-state index contributed by atoms with van der Waals surface area (Å²) in [6.45, 7) is 0. The van der Waals surface area contributed by atoms with Gasteiger partial charge in [0.15, 0.2) is 0 Å². The molecule has 0 bridgehead atoms. The molecule has 6 heteroatoms. The number of hydrogen-bond acceptors (Lipinski definition) is 5. The molecule has 0 saturated heterocycles. The molecular weight excluding hydrogens is 835 g/mol. The van der Waals surface area contributed by atoms with Crippen LogP contribution in [0.25, 0.3) is 104 Å². The summed E-state index contributed by atoms with van der Waals surface area (Å²) < 4.78 is 3.38. The van der Waals surface area contributed by atoms with Gasteiger partial charge in [-0.05, 0) is 107 Å². The van der Waals surface area contributed by atoms with Crippen LogP contribution >= 0.6 is 11.3 Å². The zero-order valence-corrected chi connectivity index (χ0v) is 37.2. The van der Waals surface area contributed by atoms with Gasteiger partial charge < -0.3 is 4.90 Å². The predicted molar refractivity (Wildman–Crippen MR) is 281 cm³/mol. The summed E-state index contributed by atoms with van der Waals surface area (Å²) in [4.78, 5) is 18.5. The monoisotopic (exact) mass is 875 g/mol. The number of hydrogen-bond donors (Lipinski definition) is 0. The van der Waals surface area contributed by atoms with Crippen molar-refractivity contribution in [2.45, 2.75) is 12.8 Å². The van der Waals surface area contributed by atoms with Crippen LogP contribution in [0, 0.1) is 0 Å². The van der Waals surface area contributed by atoms with Gasteiger partial charge in [0.05, 0.1) is 32.5 Å². The molecule has 0 saturated carbocycles. The van der Waals surface area contributed by atoms with Gasteiger partial charge in [-0.15, -0.1) is 11.3 Å². The van der Waals surface area contributed by atoms with Crippen LogP contribution in [-0.2, 0) is 0 Å². The number of aromatic nitrogens is 4. The minimum Gasteiger partial charge on any atom is -0.314 e. The van der Waals surface area contributed by atoms with Gasteiger partial charge in [-0.1, -0.05) is 164 Å². The second-order valence-electron chi connectivity index (χ2n) is 17.1. The minimum atomic E-state index is 0.624. The lowest BCUT2D eigenvalue weighted by Crippen LogP contribution is -2.17. The van der Waals surface area contributed by atoms with Gasteiger partial charge in [0.25, 0.3) is 0 Å². The van der Waals surface area contributed by atoms with E-state index >= 15 is 0 Å². The van der Waals surface area contributed by atoms with Crippen LogP contribution in [0.1, 0.15) is 12.8 Å². The molecule has 1 aliphatic rings. The predicted octanol–water partition coefficient (Wildman–Crippen LogP) is 16.5. The van der Waals surface area contributed by atoms with E-state index in [9.17, 15) is 0 Å². The Morgan fingerprint density at radius 1 is 0.478 bits per heavy atom. The lowest BCUT2D eigenvalue weighted by atomic mass is 9.96. The molecule has 0 N–H and O–H groups in total. The number of fused-ring (bicyclic) bond motifs is 7. The van der Waals surface area contributed by atoms with E-state index in [0.29, 0.717) is 5.95 Å². The maximum Gasteiger partial charge on any atom is 0.235 e. The highest BCUT2D eigenvalue weighted by Crippen LogP contribution is 2.43. The smallest absolute Gasteiger partial charge is 0.235 e. The first-order chi connectivity index (χ1) is 33.2. The van der Waals surface area contributed by atoms with E-state index < -0.39 is 0 Å². The summed E-state index contributed by atoms with van der Waals surface area (Å²) >= 11 is 1.72. The molecule has 67 heavy (non-hydrogen) atoms. The summed E-state index contributed by atoms with van der Waals surface area (Å²) in [6.07, 6.45) is 8.68. The maximum absolute atomic E-state index is 5.53. The summed E-state index contributed by atoms with van der Waals surface area (Å²) in [6, 6.07) is 73.7. The van der Waals surface area contributed by atoms with E-state index in [1.165, 1.54) is 27.6 Å². The SMILES string of the molecule is C1=CCCC(N(c2ccccc2)c2ccc(-c3ccc4c(c3)c3ccc5nc(-c6ccccc6)sc5c3n4-c3nc(-c4ccc(-c5cccc6ccccc56)cc4)c4ccccc4n3)cc2)=C1. The first-order valence-electron chi connectivity index (χ1n) is 22.8. The lowest BCUT2D eigenvalue weighted by Gasteiger charge is -2.29. The van der Waals surface area contributed by atoms with Crippen LogP contribution in [0.5, 0.6) is 0 Å². The van der Waals surface area contributed by atoms with Crippen LogP contribution in [0.3, 0.4) is 0 Å². The van der Waals surface area contributed by atoms with Gasteiger partial charge >= 0.3 is 0 Å². The van der Waals surface area contributed by atoms with Crippen molar-refractivity contribution < 1.29 is 0 Å². The van der Waals surface area contributed by atoms with Crippen molar-refractivity contribution in [3.63, 3.8) is 0 Å². The van der Waals surface area contributed by atoms with Gasteiger partial charge in [-0.25, -0.2) is 15.0 Å². The van der Waals surface area contributed by atoms with Gasteiger partial charge in [0.2, 0.25) is 5.95 Å². The fraction of sp³-hybridized carbons (Fsp3) is 0.0328. The molecule has 0 radical (unpaired) electrons. The van der Waals surface area contributed by atoms with Crippen molar-refractivity contribution in [3.8, 4) is 50.0 Å². The number of rotatable bonds is 8. The van der Waals surface area contributed by atoms with Crippen LogP contribution in [0.2, 0.25) is 0 Å². The van der Waals surface area contributed by atoms with E-state index in [4.69, 9.17) is 15.0 Å². The molecular formula is C61H41N5S.